The van der Waals surface area contributed by atoms with Crippen molar-refractivity contribution in [2.75, 3.05) is 18.1 Å². The summed E-state index contributed by atoms with van der Waals surface area (Å²) in [6.45, 7) is -0.668. The molecular weight excluding hydrogens is 400 g/mol. The summed E-state index contributed by atoms with van der Waals surface area (Å²) >= 11 is 0.514. The van der Waals surface area contributed by atoms with Crippen LogP contribution in [0.15, 0.2) is 24.3 Å². The molecule has 0 heterocycles. The molecule has 0 aliphatic carbocycles. The number of hydrogen-bond acceptors (Lipinski definition) is 5. The van der Waals surface area contributed by atoms with E-state index in [1.54, 1.807) is 0 Å². The molecule has 1 rings (SSSR count). The largest absolute Gasteiger partial charge is 0.421 e. The number of benzene rings is 1. The SMILES string of the molecule is N#Cc1ccc(/C=C/C(O)(CSCC(O)CO)C(F)(F)F)cc1C(F)(F)F. The molecular formula is C16H15F6NO3S. The lowest BCUT2D eigenvalue weighted by molar-refractivity contribution is -0.230. The van der Waals surface area contributed by atoms with E-state index in [4.69, 9.17) is 15.5 Å². The molecule has 0 spiro atoms. The van der Waals surface area contributed by atoms with Crippen molar-refractivity contribution in [3.8, 4) is 6.07 Å². The predicted molar refractivity (Wildman–Crippen MR) is 86.6 cm³/mol. The van der Waals surface area contributed by atoms with Crippen LogP contribution < -0.4 is 0 Å². The summed E-state index contributed by atoms with van der Waals surface area (Å²) in [5.41, 5.74) is -5.63. The van der Waals surface area contributed by atoms with Crippen LogP contribution in [0, 0.1) is 11.3 Å². The van der Waals surface area contributed by atoms with Crippen molar-refractivity contribution >= 4 is 17.8 Å². The molecule has 4 nitrogen and oxygen atoms in total. The number of thioether (sulfide) groups is 1. The predicted octanol–water partition coefficient (Wildman–Crippen LogP) is 2.97. The molecule has 0 saturated heterocycles. The highest BCUT2D eigenvalue weighted by molar-refractivity contribution is 7.99. The fourth-order valence-corrected chi connectivity index (χ4v) is 2.93. The topological polar surface area (TPSA) is 84.5 Å². The maximum absolute atomic E-state index is 13.2. The Kier molecular flexibility index (Phi) is 7.74. The Morgan fingerprint density at radius 3 is 2.30 bits per heavy atom. The molecule has 2 atom stereocenters. The highest BCUT2D eigenvalue weighted by Gasteiger charge is 2.51. The zero-order valence-electron chi connectivity index (χ0n) is 13.6. The van der Waals surface area contributed by atoms with Gasteiger partial charge in [0.2, 0.25) is 0 Å². The molecule has 3 N–H and O–H groups in total. The van der Waals surface area contributed by atoms with Gasteiger partial charge in [-0.05, 0) is 23.8 Å². The molecule has 0 radical (unpaired) electrons. The summed E-state index contributed by atoms with van der Waals surface area (Å²) in [4.78, 5) is 0. The zero-order valence-corrected chi connectivity index (χ0v) is 14.4. The van der Waals surface area contributed by atoms with Gasteiger partial charge in [-0.15, -0.1) is 0 Å². The fourth-order valence-electron chi connectivity index (χ4n) is 1.86. The van der Waals surface area contributed by atoms with E-state index in [0.717, 1.165) is 12.1 Å². The summed E-state index contributed by atoms with van der Waals surface area (Å²) in [5.74, 6) is -1.22. The zero-order chi connectivity index (χ0) is 20.9. The monoisotopic (exact) mass is 415 g/mol. The van der Waals surface area contributed by atoms with Gasteiger partial charge in [-0.2, -0.15) is 43.4 Å². The van der Waals surface area contributed by atoms with E-state index in [9.17, 15) is 31.4 Å². The second-order valence-corrected chi connectivity index (χ2v) is 6.55. The van der Waals surface area contributed by atoms with Gasteiger partial charge in [0.05, 0.1) is 29.9 Å². The van der Waals surface area contributed by atoms with Crippen LogP contribution in [-0.4, -0.2) is 51.3 Å². The Balaban J connectivity index is 3.12. The minimum absolute atomic E-state index is 0.280. The minimum Gasteiger partial charge on any atom is -0.394 e. The van der Waals surface area contributed by atoms with Crippen LogP contribution in [0.25, 0.3) is 6.08 Å². The standard InChI is InChI=1S/C16H15F6NO3S/c17-15(18,19)13-5-10(1-2-11(13)6-23)3-4-14(26,16(20,21)22)9-27-8-12(25)7-24/h1-5,12,24-26H,7-9H2/b4-3+. The summed E-state index contributed by atoms with van der Waals surface area (Å²) in [7, 11) is 0. The van der Waals surface area contributed by atoms with Gasteiger partial charge in [-0.25, -0.2) is 0 Å². The van der Waals surface area contributed by atoms with Crippen LogP contribution in [0.3, 0.4) is 0 Å². The maximum Gasteiger partial charge on any atom is 0.421 e. The third-order valence-electron chi connectivity index (χ3n) is 3.35. The van der Waals surface area contributed by atoms with Crippen molar-refractivity contribution in [1.82, 2.24) is 0 Å². The lowest BCUT2D eigenvalue weighted by Crippen LogP contribution is -2.46. The molecule has 0 amide bonds. The molecule has 11 heteroatoms. The third-order valence-corrected chi connectivity index (χ3v) is 4.62. The van der Waals surface area contributed by atoms with E-state index in [2.05, 4.69) is 0 Å². The molecule has 0 saturated carbocycles. The first-order chi connectivity index (χ1) is 12.3. The lowest BCUT2D eigenvalue weighted by atomic mass is 10.0. The van der Waals surface area contributed by atoms with Crippen LogP contribution in [0.5, 0.6) is 0 Å². The van der Waals surface area contributed by atoms with Crippen molar-refractivity contribution in [2.24, 2.45) is 0 Å². The van der Waals surface area contributed by atoms with E-state index in [1.807, 2.05) is 0 Å². The molecule has 0 fully saturated rings. The van der Waals surface area contributed by atoms with Crippen molar-refractivity contribution in [1.29, 1.82) is 5.26 Å². The Morgan fingerprint density at radius 2 is 1.81 bits per heavy atom. The van der Waals surface area contributed by atoms with Gasteiger partial charge in [0.15, 0.2) is 5.60 Å². The van der Waals surface area contributed by atoms with Crippen LogP contribution in [0.4, 0.5) is 26.3 Å². The van der Waals surface area contributed by atoms with E-state index < -0.39 is 47.5 Å². The minimum atomic E-state index is -5.12. The van der Waals surface area contributed by atoms with E-state index >= 15 is 0 Å². The van der Waals surface area contributed by atoms with Gasteiger partial charge in [0, 0.05) is 11.5 Å². The smallest absolute Gasteiger partial charge is 0.394 e. The van der Waals surface area contributed by atoms with Crippen molar-refractivity contribution in [2.45, 2.75) is 24.1 Å². The van der Waals surface area contributed by atoms with Crippen molar-refractivity contribution in [3.05, 3.63) is 41.0 Å². The Morgan fingerprint density at radius 1 is 1.19 bits per heavy atom. The van der Waals surface area contributed by atoms with E-state index in [-0.39, 0.29) is 11.3 Å². The Labute approximate surface area is 154 Å². The average Bonchev–Trinajstić information content (AvgIpc) is 2.57. The van der Waals surface area contributed by atoms with Gasteiger partial charge >= 0.3 is 12.4 Å². The second kappa shape index (κ2) is 8.97. The molecule has 1 aromatic carbocycles. The first-order valence-corrected chi connectivity index (χ1v) is 8.46. The first kappa shape index (κ1) is 23.3. The molecule has 0 aliphatic rings. The van der Waals surface area contributed by atoms with Gasteiger partial charge in [-0.3, -0.25) is 0 Å². The quantitative estimate of drug-likeness (QED) is 0.597. The molecule has 27 heavy (non-hydrogen) atoms. The maximum atomic E-state index is 13.2. The third kappa shape index (κ3) is 6.42. The second-order valence-electron chi connectivity index (χ2n) is 5.52. The molecule has 0 aromatic heterocycles. The van der Waals surface area contributed by atoms with E-state index in [0.29, 0.717) is 30.0 Å². The molecule has 0 aliphatic heterocycles. The molecule has 150 valence electrons. The summed E-state index contributed by atoms with van der Waals surface area (Å²) in [5, 5.41) is 36.3. The lowest BCUT2D eigenvalue weighted by Gasteiger charge is -2.27. The molecule has 0 bridgehead atoms. The van der Waals surface area contributed by atoms with Crippen molar-refractivity contribution < 1.29 is 41.7 Å². The highest BCUT2D eigenvalue weighted by Crippen LogP contribution is 2.36. The normalized spacial score (nSPS) is 16.1. The van der Waals surface area contributed by atoms with Gasteiger partial charge in [0.1, 0.15) is 0 Å². The molecule has 2 unspecified atom stereocenters. The number of nitriles is 1. The van der Waals surface area contributed by atoms with Crippen LogP contribution in [0.1, 0.15) is 16.7 Å². The number of rotatable bonds is 7. The fraction of sp³-hybridized carbons (Fsp3) is 0.438. The van der Waals surface area contributed by atoms with Crippen LogP contribution >= 0.6 is 11.8 Å². The highest BCUT2D eigenvalue weighted by atomic mass is 32.2. The van der Waals surface area contributed by atoms with Crippen LogP contribution in [0.2, 0.25) is 0 Å². The van der Waals surface area contributed by atoms with Crippen LogP contribution in [-0.2, 0) is 6.18 Å². The first-order valence-electron chi connectivity index (χ1n) is 7.30. The Bertz CT molecular complexity index is 714. The Hall–Kier alpha value is -1.74. The number of aliphatic hydroxyl groups excluding tert-OH is 2. The number of hydrogen-bond donors (Lipinski definition) is 3. The number of aliphatic hydroxyl groups is 3. The van der Waals surface area contributed by atoms with Gasteiger partial charge in [0.25, 0.3) is 0 Å². The number of nitrogens with zero attached hydrogens (tertiary/aromatic N) is 1. The summed E-state index contributed by atoms with van der Waals surface area (Å²) < 4.78 is 78.2. The average molecular weight is 415 g/mol. The number of halogens is 6. The molecule has 1 aromatic rings. The summed E-state index contributed by atoms with van der Waals surface area (Å²) in [6.07, 6.45) is -10.3. The number of alkyl halides is 6. The van der Waals surface area contributed by atoms with Gasteiger partial charge in [-0.1, -0.05) is 12.1 Å². The van der Waals surface area contributed by atoms with Gasteiger partial charge < -0.3 is 15.3 Å². The summed E-state index contributed by atoms with van der Waals surface area (Å²) in [6, 6.07) is 3.70. The van der Waals surface area contributed by atoms with E-state index in [1.165, 1.54) is 6.07 Å². The van der Waals surface area contributed by atoms with Crippen molar-refractivity contribution in [3.63, 3.8) is 0 Å².